The van der Waals surface area contributed by atoms with Crippen molar-refractivity contribution in [2.45, 2.75) is 20.0 Å². The van der Waals surface area contributed by atoms with E-state index in [4.69, 9.17) is 16.3 Å². The second-order valence-electron chi connectivity index (χ2n) is 4.46. The normalized spacial score (nSPS) is 13.6. The van der Waals surface area contributed by atoms with E-state index >= 15 is 0 Å². The lowest BCUT2D eigenvalue weighted by Gasteiger charge is -2.13. The highest BCUT2D eigenvalue weighted by molar-refractivity contribution is 7.92. The third-order valence-corrected chi connectivity index (χ3v) is 5.39. The molecule has 0 bridgehead atoms. The first-order valence-electron chi connectivity index (χ1n) is 5.90. The van der Waals surface area contributed by atoms with Gasteiger partial charge in [0.25, 0.3) is 0 Å². The van der Waals surface area contributed by atoms with Gasteiger partial charge in [-0.05, 0) is 26.0 Å². The number of ether oxygens (including phenoxy) is 1. The number of sulfonamides is 1. The standard InChI is InChI=1S/C12H15ClN2O3S2/c1-7(18-3)6-20(16,17)15-10-5-12-11(4-9(10)13)14-8(2)19-12/h4-5,7,15H,6H2,1-3H3. The van der Waals surface area contributed by atoms with E-state index in [9.17, 15) is 8.42 Å². The van der Waals surface area contributed by atoms with Gasteiger partial charge in [0.05, 0.1) is 37.8 Å². The van der Waals surface area contributed by atoms with E-state index in [1.165, 1.54) is 18.4 Å². The number of hydrogen-bond donors (Lipinski definition) is 1. The van der Waals surface area contributed by atoms with E-state index < -0.39 is 10.0 Å². The number of aryl methyl sites for hydroxylation is 1. The van der Waals surface area contributed by atoms with Crippen molar-refractivity contribution in [1.29, 1.82) is 0 Å². The molecular weight excluding hydrogens is 320 g/mol. The smallest absolute Gasteiger partial charge is 0.235 e. The van der Waals surface area contributed by atoms with Crippen molar-refractivity contribution in [3.05, 3.63) is 22.2 Å². The maximum atomic E-state index is 12.0. The number of anilines is 1. The first kappa shape index (κ1) is 15.5. The Kier molecular flexibility index (Phi) is 4.53. The van der Waals surface area contributed by atoms with Gasteiger partial charge in [0, 0.05) is 7.11 Å². The highest BCUT2D eigenvalue weighted by Gasteiger charge is 2.17. The molecule has 1 unspecified atom stereocenters. The Morgan fingerprint density at radius 2 is 2.20 bits per heavy atom. The predicted octanol–water partition coefficient (Wildman–Crippen LogP) is 3.03. The van der Waals surface area contributed by atoms with Crippen molar-refractivity contribution in [2.75, 3.05) is 17.6 Å². The maximum absolute atomic E-state index is 12.0. The number of nitrogens with zero attached hydrogens (tertiary/aromatic N) is 1. The first-order chi connectivity index (χ1) is 9.30. The van der Waals surface area contributed by atoms with E-state index in [2.05, 4.69) is 9.71 Å². The molecule has 2 aromatic rings. The zero-order valence-corrected chi connectivity index (χ0v) is 13.7. The minimum absolute atomic E-state index is 0.125. The SMILES string of the molecule is COC(C)CS(=O)(=O)Nc1cc2sc(C)nc2cc1Cl. The quantitative estimate of drug-likeness (QED) is 0.912. The molecular formula is C12H15ClN2O3S2. The monoisotopic (exact) mass is 334 g/mol. The molecule has 0 spiro atoms. The molecule has 5 nitrogen and oxygen atoms in total. The molecule has 0 saturated heterocycles. The van der Waals surface area contributed by atoms with E-state index in [0.29, 0.717) is 10.7 Å². The van der Waals surface area contributed by atoms with Crippen LogP contribution in [0.5, 0.6) is 0 Å². The van der Waals surface area contributed by atoms with Crippen LogP contribution in [0.2, 0.25) is 5.02 Å². The molecule has 20 heavy (non-hydrogen) atoms. The number of fused-ring (bicyclic) bond motifs is 1. The molecule has 0 aliphatic heterocycles. The molecule has 1 aromatic carbocycles. The highest BCUT2D eigenvalue weighted by atomic mass is 35.5. The fourth-order valence-corrected chi connectivity index (χ4v) is 4.18. The Morgan fingerprint density at radius 1 is 1.50 bits per heavy atom. The van der Waals surface area contributed by atoms with Crippen LogP contribution < -0.4 is 4.72 Å². The van der Waals surface area contributed by atoms with Gasteiger partial charge in [0.15, 0.2) is 0 Å². The molecule has 0 saturated carbocycles. The minimum atomic E-state index is -3.51. The molecule has 1 aromatic heterocycles. The summed E-state index contributed by atoms with van der Waals surface area (Å²) < 4.78 is 32.4. The van der Waals surface area contributed by atoms with Crippen molar-refractivity contribution >= 4 is 48.9 Å². The van der Waals surface area contributed by atoms with Crippen molar-refractivity contribution in [3.63, 3.8) is 0 Å². The Balaban J connectivity index is 2.31. The van der Waals surface area contributed by atoms with Crippen LogP contribution in [0.15, 0.2) is 12.1 Å². The average Bonchev–Trinajstić information content (AvgIpc) is 2.67. The molecule has 0 aliphatic carbocycles. The molecule has 0 radical (unpaired) electrons. The number of thiazole rings is 1. The zero-order chi connectivity index (χ0) is 14.9. The average molecular weight is 335 g/mol. The molecule has 2 rings (SSSR count). The van der Waals surface area contributed by atoms with Crippen LogP contribution in [0, 0.1) is 6.92 Å². The van der Waals surface area contributed by atoms with E-state index in [1.54, 1.807) is 19.1 Å². The summed E-state index contributed by atoms with van der Waals surface area (Å²) in [5, 5.41) is 1.24. The van der Waals surface area contributed by atoms with Crippen molar-refractivity contribution in [3.8, 4) is 0 Å². The number of aromatic nitrogens is 1. The second-order valence-corrected chi connectivity index (χ2v) is 7.87. The van der Waals surface area contributed by atoms with E-state index in [1.807, 2.05) is 6.92 Å². The van der Waals surface area contributed by atoms with Gasteiger partial charge in [-0.2, -0.15) is 0 Å². The van der Waals surface area contributed by atoms with Crippen LogP contribution in [-0.4, -0.2) is 32.4 Å². The van der Waals surface area contributed by atoms with E-state index in [-0.39, 0.29) is 11.9 Å². The summed E-state index contributed by atoms with van der Waals surface area (Å²) in [6.45, 7) is 3.58. The fourth-order valence-electron chi connectivity index (χ4n) is 1.73. The van der Waals surface area contributed by atoms with Gasteiger partial charge in [-0.15, -0.1) is 11.3 Å². The number of halogens is 1. The van der Waals surface area contributed by atoms with Crippen LogP contribution in [0.25, 0.3) is 10.2 Å². The van der Waals surface area contributed by atoms with Crippen LogP contribution in [0.3, 0.4) is 0 Å². The van der Waals surface area contributed by atoms with Gasteiger partial charge in [-0.25, -0.2) is 13.4 Å². The highest BCUT2D eigenvalue weighted by Crippen LogP contribution is 2.31. The molecule has 1 atom stereocenters. The Labute approximate surface area is 127 Å². The summed E-state index contributed by atoms with van der Waals surface area (Å²) in [5.41, 5.74) is 1.14. The topological polar surface area (TPSA) is 68.3 Å². The number of methoxy groups -OCH3 is 1. The summed E-state index contributed by atoms with van der Waals surface area (Å²) in [6, 6.07) is 3.37. The minimum Gasteiger partial charge on any atom is -0.381 e. The fraction of sp³-hybridized carbons (Fsp3) is 0.417. The molecule has 0 fully saturated rings. The summed E-state index contributed by atoms with van der Waals surface area (Å²) in [5.74, 6) is -0.125. The third-order valence-electron chi connectivity index (χ3n) is 2.71. The van der Waals surface area contributed by atoms with Crippen molar-refractivity contribution in [1.82, 2.24) is 4.98 Å². The Hall–Kier alpha value is -0.890. The molecule has 1 heterocycles. The van der Waals surface area contributed by atoms with Crippen molar-refractivity contribution < 1.29 is 13.2 Å². The number of nitrogens with one attached hydrogen (secondary N) is 1. The van der Waals surface area contributed by atoms with Gasteiger partial charge in [0.1, 0.15) is 0 Å². The summed E-state index contributed by atoms with van der Waals surface area (Å²) in [4.78, 5) is 4.31. The van der Waals surface area contributed by atoms with Crippen LogP contribution >= 0.6 is 22.9 Å². The van der Waals surface area contributed by atoms with Crippen LogP contribution in [-0.2, 0) is 14.8 Å². The summed E-state index contributed by atoms with van der Waals surface area (Å²) >= 11 is 7.59. The first-order valence-corrected chi connectivity index (χ1v) is 8.75. The van der Waals surface area contributed by atoms with Gasteiger partial charge in [0.2, 0.25) is 10.0 Å². The van der Waals surface area contributed by atoms with Gasteiger partial charge in [-0.1, -0.05) is 11.6 Å². The van der Waals surface area contributed by atoms with Crippen LogP contribution in [0.4, 0.5) is 5.69 Å². The Bertz CT molecular complexity index is 728. The van der Waals surface area contributed by atoms with Gasteiger partial charge >= 0.3 is 0 Å². The predicted molar refractivity (Wildman–Crippen MR) is 83.2 cm³/mol. The summed E-state index contributed by atoms with van der Waals surface area (Å²) in [6.07, 6.45) is -0.388. The number of rotatable bonds is 5. The summed E-state index contributed by atoms with van der Waals surface area (Å²) in [7, 11) is -2.03. The van der Waals surface area contributed by atoms with Gasteiger partial charge in [-0.3, -0.25) is 4.72 Å². The second kappa shape index (κ2) is 5.85. The third kappa shape index (κ3) is 3.60. The maximum Gasteiger partial charge on any atom is 0.235 e. The van der Waals surface area contributed by atoms with Crippen LogP contribution in [0.1, 0.15) is 11.9 Å². The number of benzene rings is 1. The van der Waals surface area contributed by atoms with E-state index in [0.717, 1.165) is 15.2 Å². The molecule has 0 amide bonds. The van der Waals surface area contributed by atoms with Crippen molar-refractivity contribution in [2.24, 2.45) is 0 Å². The lowest BCUT2D eigenvalue weighted by molar-refractivity contribution is 0.136. The molecule has 1 N–H and O–H groups in total. The lowest BCUT2D eigenvalue weighted by atomic mass is 10.3. The lowest BCUT2D eigenvalue weighted by Crippen LogP contribution is -2.25. The largest absolute Gasteiger partial charge is 0.381 e. The molecule has 110 valence electrons. The van der Waals surface area contributed by atoms with Gasteiger partial charge < -0.3 is 4.74 Å². The number of hydrogen-bond acceptors (Lipinski definition) is 5. The zero-order valence-electron chi connectivity index (χ0n) is 11.3. The molecule has 0 aliphatic rings. The Morgan fingerprint density at radius 3 is 2.85 bits per heavy atom. The molecule has 8 heteroatoms.